The normalized spacial score (nSPS) is 10.2. The molecule has 0 atom stereocenters. The van der Waals surface area contributed by atoms with Crippen LogP contribution in [0.5, 0.6) is 0 Å². The zero-order chi connectivity index (χ0) is 14.5. The van der Waals surface area contributed by atoms with Gasteiger partial charge in [-0.2, -0.15) is 0 Å². The predicted molar refractivity (Wildman–Crippen MR) is 81.0 cm³/mol. The Morgan fingerprint density at radius 3 is 2.80 bits per heavy atom. The molecule has 20 heavy (non-hydrogen) atoms. The zero-order valence-corrected chi connectivity index (χ0v) is 12.2. The third kappa shape index (κ3) is 3.27. The minimum atomic E-state index is -0.0659. The number of halogens is 1. The number of anilines is 1. The van der Waals surface area contributed by atoms with E-state index in [0.717, 1.165) is 5.56 Å². The summed E-state index contributed by atoms with van der Waals surface area (Å²) in [5, 5.41) is 3.58. The van der Waals surface area contributed by atoms with Gasteiger partial charge in [0.2, 0.25) is 0 Å². The van der Waals surface area contributed by atoms with E-state index < -0.39 is 0 Å². The van der Waals surface area contributed by atoms with Crippen molar-refractivity contribution in [3.63, 3.8) is 0 Å². The van der Waals surface area contributed by atoms with Crippen molar-refractivity contribution >= 4 is 23.3 Å². The van der Waals surface area contributed by atoms with Gasteiger partial charge in [-0.05, 0) is 23.8 Å². The summed E-state index contributed by atoms with van der Waals surface area (Å²) in [7, 11) is 3.52. The molecule has 1 heterocycles. The number of benzene rings is 1. The molecule has 0 bridgehead atoms. The zero-order valence-electron chi connectivity index (χ0n) is 11.4. The average Bonchev–Trinajstić information content (AvgIpc) is 2.48. The number of carbonyl (C=O) groups is 1. The second kappa shape index (κ2) is 6.39. The van der Waals surface area contributed by atoms with Crippen LogP contribution >= 0.6 is 11.6 Å². The van der Waals surface area contributed by atoms with E-state index >= 15 is 0 Å². The number of carbonyl (C=O) groups excluding carboxylic acids is 1. The van der Waals surface area contributed by atoms with Gasteiger partial charge in [-0.3, -0.25) is 4.79 Å². The topological polar surface area (TPSA) is 45.2 Å². The second-order valence-corrected chi connectivity index (χ2v) is 4.84. The fraction of sp³-hybridized carbons (Fsp3) is 0.200. The van der Waals surface area contributed by atoms with E-state index in [1.807, 2.05) is 24.3 Å². The van der Waals surface area contributed by atoms with E-state index in [0.29, 0.717) is 22.9 Å². The van der Waals surface area contributed by atoms with Crippen LogP contribution in [-0.2, 0) is 6.54 Å². The Morgan fingerprint density at radius 1 is 1.35 bits per heavy atom. The van der Waals surface area contributed by atoms with E-state index in [2.05, 4.69) is 10.3 Å². The lowest BCUT2D eigenvalue weighted by molar-refractivity contribution is 0.0785. The molecule has 1 N–H and O–H groups in total. The van der Waals surface area contributed by atoms with Crippen LogP contribution in [0.3, 0.4) is 0 Å². The Balaban J connectivity index is 2.14. The molecule has 0 radical (unpaired) electrons. The van der Waals surface area contributed by atoms with Gasteiger partial charge >= 0.3 is 0 Å². The molecule has 0 saturated heterocycles. The van der Waals surface area contributed by atoms with Gasteiger partial charge < -0.3 is 10.2 Å². The number of nitrogens with one attached hydrogen (secondary N) is 1. The van der Waals surface area contributed by atoms with E-state index in [1.165, 1.54) is 0 Å². The summed E-state index contributed by atoms with van der Waals surface area (Å²) in [6.07, 6.45) is 1.61. The van der Waals surface area contributed by atoms with Crippen molar-refractivity contribution in [1.29, 1.82) is 0 Å². The van der Waals surface area contributed by atoms with Crippen LogP contribution in [0.4, 0.5) is 5.82 Å². The van der Waals surface area contributed by atoms with Crippen LogP contribution < -0.4 is 5.32 Å². The molecule has 0 saturated carbocycles. The standard InChI is InChI=1S/C15H16ClN3O/c1-17-14-9-11(7-8-18-14)15(20)19(2)10-12-5-3-4-6-13(12)16/h3-9H,10H2,1-2H3,(H,17,18). The summed E-state index contributed by atoms with van der Waals surface area (Å²) in [6.45, 7) is 0.468. The fourth-order valence-electron chi connectivity index (χ4n) is 1.87. The van der Waals surface area contributed by atoms with Crippen molar-refractivity contribution in [1.82, 2.24) is 9.88 Å². The van der Waals surface area contributed by atoms with Gasteiger partial charge in [-0.1, -0.05) is 29.8 Å². The second-order valence-electron chi connectivity index (χ2n) is 4.43. The molecule has 0 aliphatic rings. The maximum Gasteiger partial charge on any atom is 0.254 e. The number of aromatic nitrogens is 1. The van der Waals surface area contributed by atoms with Gasteiger partial charge in [-0.25, -0.2) is 4.98 Å². The molecule has 2 rings (SSSR count). The summed E-state index contributed by atoms with van der Waals surface area (Å²) in [5.41, 5.74) is 1.52. The van der Waals surface area contributed by atoms with Crippen LogP contribution in [0.25, 0.3) is 0 Å². The first-order valence-electron chi connectivity index (χ1n) is 6.24. The third-order valence-electron chi connectivity index (χ3n) is 2.98. The van der Waals surface area contributed by atoms with E-state index in [9.17, 15) is 4.79 Å². The highest BCUT2D eigenvalue weighted by Crippen LogP contribution is 2.17. The molecule has 0 aliphatic heterocycles. The molecule has 0 fully saturated rings. The van der Waals surface area contributed by atoms with Gasteiger partial charge in [0.05, 0.1) is 0 Å². The number of hydrogen-bond donors (Lipinski definition) is 1. The molecule has 1 aromatic carbocycles. The monoisotopic (exact) mass is 289 g/mol. The molecule has 0 unspecified atom stereocenters. The summed E-state index contributed by atoms with van der Waals surface area (Å²) in [5.74, 6) is 0.603. The molecule has 1 amide bonds. The van der Waals surface area contributed by atoms with Gasteiger partial charge in [-0.15, -0.1) is 0 Å². The van der Waals surface area contributed by atoms with Gasteiger partial charge in [0, 0.05) is 37.4 Å². The summed E-state index contributed by atoms with van der Waals surface area (Å²) in [6, 6.07) is 10.9. The predicted octanol–water partition coefficient (Wildman–Crippen LogP) is 3.05. The number of nitrogens with zero attached hydrogens (tertiary/aromatic N) is 2. The first-order valence-corrected chi connectivity index (χ1v) is 6.62. The molecule has 0 spiro atoms. The number of hydrogen-bond acceptors (Lipinski definition) is 3. The van der Waals surface area contributed by atoms with Crippen molar-refractivity contribution in [2.24, 2.45) is 0 Å². The van der Waals surface area contributed by atoms with Crippen molar-refractivity contribution < 1.29 is 4.79 Å². The Bertz CT molecular complexity index is 616. The van der Waals surface area contributed by atoms with Gasteiger partial charge in [0.25, 0.3) is 5.91 Å². The highest BCUT2D eigenvalue weighted by atomic mass is 35.5. The number of amides is 1. The third-order valence-corrected chi connectivity index (χ3v) is 3.34. The summed E-state index contributed by atoms with van der Waals surface area (Å²) in [4.78, 5) is 18.1. The molecule has 1 aromatic heterocycles. The minimum Gasteiger partial charge on any atom is -0.373 e. The Kier molecular flexibility index (Phi) is 4.58. The Hall–Kier alpha value is -2.07. The first kappa shape index (κ1) is 14.3. The lowest BCUT2D eigenvalue weighted by Crippen LogP contribution is -2.26. The number of rotatable bonds is 4. The smallest absolute Gasteiger partial charge is 0.254 e. The largest absolute Gasteiger partial charge is 0.373 e. The van der Waals surface area contributed by atoms with Gasteiger partial charge in [0.15, 0.2) is 0 Å². The van der Waals surface area contributed by atoms with Crippen molar-refractivity contribution in [2.75, 3.05) is 19.4 Å². The van der Waals surface area contributed by atoms with Crippen LogP contribution in [-0.4, -0.2) is 29.9 Å². The molecule has 5 heteroatoms. The highest BCUT2D eigenvalue weighted by molar-refractivity contribution is 6.31. The van der Waals surface area contributed by atoms with Crippen LogP contribution in [0.1, 0.15) is 15.9 Å². The average molecular weight is 290 g/mol. The lowest BCUT2D eigenvalue weighted by atomic mass is 10.2. The van der Waals surface area contributed by atoms with E-state index in [1.54, 1.807) is 37.3 Å². The van der Waals surface area contributed by atoms with Crippen LogP contribution in [0.15, 0.2) is 42.6 Å². The Morgan fingerprint density at radius 2 is 2.10 bits per heavy atom. The van der Waals surface area contributed by atoms with E-state index in [-0.39, 0.29) is 5.91 Å². The molecule has 0 aliphatic carbocycles. The molecule has 104 valence electrons. The van der Waals surface area contributed by atoms with Crippen molar-refractivity contribution in [2.45, 2.75) is 6.54 Å². The van der Waals surface area contributed by atoms with Gasteiger partial charge in [0.1, 0.15) is 5.82 Å². The maximum atomic E-state index is 12.4. The molecular weight excluding hydrogens is 274 g/mol. The van der Waals surface area contributed by atoms with Crippen molar-refractivity contribution in [3.05, 3.63) is 58.7 Å². The molecular formula is C15H16ClN3O. The minimum absolute atomic E-state index is 0.0659. The Labute approximate surface area is 123 Å². The summed E-state index contributed by atoms with van der Waals surface area (Å²) >= 11 is 6.11. The molecule has 2 aromatic rings. The first-order chi connectivity index (χ1) is 9.61. The van der Waals surface area contributed by atoms with E-state index in [4.69, 9.17) is 11.6 Å². The quantitative estimate of drug-likeness (QED) is 0.941. The SMILES string of the molecule is CNc1cc(C(=O)N(C)Cc2ccccc2Cl)ccn1. The number of pyridine rings is 1. The lowest BCUT2D eigenvalue weighted by Gasteiger charge is -2.18. The fourth-order valence-corrected chi connectivity index (χ4v) is 2.07. The maximum absolute atomic E-state index is 12.4. The highest BCUT2D eigenvalue weighted by Gasteiger charge is 2.13. The molecule has 4 nitrogen and oxygen atoms in total. The summed E-state index contributed by atoms with van der Waals surface area (Å²) < 4.78 is 0. The van der Waals surface area contributed by atoms with Crippen LogP contribution in [0, 0.1) is 0 Å². The van der Waals surface area contributed by atoms with Crippen molar-refractivity contribution in [3.8, 4) is 0 Å². The van der Waals surface area contributed by atoms with Crippen LogP contribution in [0.2, 0.25) is 5.02 Å².